The summed E-state index contributed by atoms with van der Waals surface area (Å²) >= 11 is 0. The van der Waals surface area contributed by atoms with Crippen LogP contribution >= 0.6 is 0 Å². The quantitative estimate of drug-likeness (QED) is 0.773. The van der Waals surface area contributed by atoms with Gasteiger partial charge in [0.1, 0.15) is 5.82 Å². The molecular weight excluding hydrogens is 221 g/mol. The van der Waals surface area contributed by atoms with Crippen LogP contribution in [-0.4, -0.2) is 17.6 Å². The second-order valence-corrected chi connectivity index (χ2v) is 4.06. The van der Waals surface area contributed by atoms with Gasteiger partial charge in [0.05, 0.1) is 0 Å². The Bertz CT molecular complexity index is 393. The fourth-order valence-electron chi connectivity index (χ4n) is 1.47. The van der Waals surface area contributed by atoms with Gasteiger partial charge in [-0.25, -0.2) is 4.39 Å². The van der Waals surface area contributed by atoms with Crippen molar-refractivity contribution in [1.29, 1.82) is 0 Å². The lowest BCUT2D eigenvalue weighted by Gasteiger charge is -2.12. The predicted molar refractivity (Wildman–Crippen MR) is 64.0 cm³/mol. The molecule has 3 nitrogen and oxygen atoms in total. The maximum absolute atomic E-state index is 13.0. The summed E-state index contributed by atoms with van der Waals surface area (Å²) in [6.45, 7) is 4.17. The van der Waals surface area contributed by atoms with Gasteiger partial charge >= 0.3 is 0 Å². The van der Waals surface area contributed by atoms with E-state index in [2.05, 4.69) is 5.32 Å². The van der Waals surface area contributed by atoms with Gasteiger partial charge in [0.2, 0.25) is 0 Å². The first-order chi connectivity index (χ1) is 8.06. The van der Waals surface area contributed by atoms with E-state index in [1.807, 2.05) is 6.92 Å². The van der Waals surface area contributed by atoms with Gasteiger partial charge < -0.3 is 10.4 Å². The van der Waals surface area contributed by atoms with Gasteiger partial charge in [-0.1, -0.05) is 25.5 Å². The van der Waals surface area contributed by atoms with Crippen molar-refractivity contribution >= 4 is 5.91 Å². The van der Waals surface area contributed by atoms with Crippen molar-refractivity contribution in [2.75, 3.05) is 6.54 Å². The van der Waals surface area contributed by atoms with Crippen LogP contribution in [-0.2, 0) is 4.79 Å². The van der Waals surface area contributed by atoms with Gasteiger partial charge in [-0.05, 0) is 30.5 Å². The van der Waals surface area contributed by atoms with E-state index >= 15 is 0 Å². The SMILES string of the molecule is CCCCNC(=O)C(O)c1ccc(F)c(C)c1. The standard InChI is InChI=1S/C13H18FNO2/c1-3-4-7-15-13(17)12(16)10-5-6-11(14)9(2)8-10/h5-6,8,12,16H,3-4,7H2,1-2H3,(H,15,17). The van der Waals surface area contributed by atoms with Crippen molar-refractivity contribution in [3.63, 3.8) is 0 Å². The van der Waals surface area contributed by atoms with Crippen LogP contribution < -0.4 is 5.32 Å². The first-order valence-corrected chi connectivity index (χ1v) is 5.78. The van der Waals surface area contributed by atoms with Crippen LogP contribution in [0.4, 0.5) is 4.39 Å². The molecule has 2 N–H and O–H groups in total. The number of rotatable bonds is 5. The van der Waals surface area contributed by atoms with Gasteiger partial charge in [0.15, 0.2) is 6.10 Å². The molecule has 4 heteroatoms. The Morgan fingerprint density at radius 1 is 1.53 bits per heavy atom. The van der Waals surface area contributed by atoms with Crippen LogP contribution in [0.1, 0.15) is 37.0 Å². The summed E-state index contributed by atoms with van der Waals surface area (Å²) in [6, 6.07) is 4.17. The monoisotopic (exact) mass is 239 g/mol. The molecule has 0 radical (unpaired) electrons. The lowest BCUT2D eigenvalue weighted by molar-refractivity contribution is -0.129. The third-order valence-electron chi connectivity index (χ3n) is 2.58. The van der Waals surface area contributed by atoms with Crippen LogP contribution in [0.3, 0.4) is 0 Å². The zero-order chi connectivity index (χ0) is 12.8. The molecule has 0 aliphatic rings. The summed E-state index contributed by atoms with van der Waals surface area (Å²) in [6.07, 6.45) is 0.624. The van der Waals surface area contributed by atoms with Gasteiger partial charge in [-0.15, -0.1) is 0 Å². The summed E-state index contributed by atoms with van der Waals surface area (Å²) in [5.74, 6) is -0.781. The third-order valence-corrected chi connectivity index (χ3v) is 2.58. The lowest BCUT2D eigenvalue weighted by atomic mass is 10.1. The maximum atomic E-state index is 13.0. The number of benzene rings is 1. The molecule has 0 aliphatic carbocycles. The first-order valence-electron chi connectivity index (χ1n) is 5.78. The predicted octanol–water partition coefficient (Wildman–Crippen LogP) is 2.08. The average Bonchev–Trinajstić information content (AvgIpc) is 2.32. The number of aliphatic hydroxyl groups is 1. The second-order valence-electron chi connectivity index (χ2n) is 4.06. The van der Waals surface area contributed by atoms with Crippen molar-refractivity contribution in [3.8, 4) is 0 Å². The number of aryl methyl sites for hydroxylation is 1. The minimum absolute atomic E-state index is 0.340. The molecule has 1 atom stereocenters. The molecule has 0 saturated heterocycles. The number of amides is 1. The van der Waals surface area contributed by atoms with Crippen molar-refractivity contribution < 1.29 is 14.3 Å². The second kappa shape index (κ2) is 6.35. The molecule has 1 rings (SSSR count). The summed E-state index contributed by atoms with van der Waals surface area (Å²) in [7, 11) is 0. The molecule has 1 aromatic carbocycles. The average molecular weight is 239 g/mol. The van der Waals surface area contributed by atoms with Gasteiger partial charge in [-0.2, -0.15) is 0 Å². The summed E-state index contributed by atoms with van der Waals surface area (Å²) in [4.78, 5) is 11.6. The van der Waals surface area contributed by atoms with Crippen LogP contribution in [0, 0.1) is 12.7 Å². The Morgan fingerprint density at radius 2 is 2.24 bits per heavy atom. The molecule has 94 valence electrons. The number of unbranched alkanes of at least 4 members (excludes halogenated alkanes) is 1. The molecule has 1 aromatic rings. The van der Waals surface area contributed by atoms with Gasteiger partial charge in [0.25, 0.3) is 5.91 Å². The largest absolute Gasteiger partial charge is 0.378 e. The van der Waals surface area contributed by atoms with Gasteiger partial charge in [0, 0.05) is 6.54 Å². The fraction of sp³-hybridized carbons (Fsp3) is 0.462. The van der Waals surface area contributed by atoms with Crippen LogP contribution in [0.2, 0.25) is 0 Å². The Balaban J connectivity index is 2.65. The highest BCUT2D eigenvalue weighted by Crippen LogP contribution is 2.16. The Labute approximate surface area is 101 Å². The van der Waals surface area contributed by atoms with Crippen LogP contribution in [0.5, 0.6) is 0 Å². The van der Waals surface area contributed by atoms with Crippen LogP contribution in [0.15, 0.2) is 18.2 Å². The fourth-order valence-corrected chi connectivity index (χ4v) is 1.47. The van der Waals surface area contributed by atoms with Gasteiger partial charge in [-0.3, -0.25) is 4.79 Å². The highest BCUT2D eigenvalue weighted by Gasteiger charge is 2.17. The van der Waals surface area contributed by atoms with Crippen LogP contribution in [0.25, 0.3) is 0 Å². The topological polar surface area (TPSA) is 49.3 Å². The lowest BCUT2D eigenvalue weighted by Crippen LogP contribution is -2.30. The number of hydrogen-bond acceptors (Lipinski definition) is 2. The number of halogens is 1. The maximum Gasteiger partial charge on any atom is 0.253 e. The minimum Gasteiger partial charge on any atom is -0.378 e. The van der Waals surface area contributed by atoms with E-state index in [9.17, 15) is 14.3 Å². The molecule has 17 heavy (non-hydrogen) atoms. The number of nitrogens with one attached hydrogen (secondary N) is 1. The molecule has 0 fully saturated rings. The molecule has 0 bridgehead atoms. The van der Waals surface area contributed by atoms with Crippen molar-refractivity contribution in [1.82, 2.24) is 5.32 Å². The molecular formula is C13H18FNO2. The highest BCUT2D eigenvalue weighted by molar-refractivity contribution is 5.81. The molecule has 1 amide bonds. The zero-order valence-electron chi connectivity index (χ0n) is 10.2. The summed E-state index contributed by atoms with van der Waals surface area (Å²) in [5.41, 5.74) is 0.834. The molecule has 0 spiro atoms. The number of aliphatic hydroxyl groups excluding tert-OH is 1. The van der Waals surface area contributed by atoms with E-state index in [-0.39, 0.29) is 5.82 Å². The van der Waals surface area contributed by atoms with E-state index in [4.69, 9.17) is 0 Å². The first kappa shape index (κ1) is 13.6. The molecule has 1 unspecified atom stereocenters. The zero-order valence-corrected chi connectivity index (χ0v) is 10.2. The normalized spacial score (nSPS) is 12.2. The van der Waals surface area contributed by atoms with Crippen molar-refractivity contribution in [3.05, 3.63) is 35.1 Å². The van der Waals surface area contributed by atoms with Crippen molar-refractivity contribution in [2.24, 2.45) is 0 Å². The minimum atomic E-state index is -1.23. The summed E-state index contributed by atoms with van der Waals surface area (Å²) < 4.78 is 13.0. The Kier molecular flexibility index (Phi) is 5.10. The third kappa shape index (κ3) is 3.82. The van der Waals surface area contributed by atoms with E-state index in [1.54, 1.807) is 6.92 Å². The Morgan fingerprint density at radius 3 is 2.82 bits per heavy atom. The molecule has 0 saturated carbocycles. The number of carbonyl (C=O) groups excluding carboxylic acids is 1. The number of carbonyl (C=O) groups is 1. The smallest absolute Gasteiger partial charge is 0.253 e. The van der Waals surface area contributed by atoms with E-state index in [0.717, 1.165) is 12.8 Å². The van der Waals surface area contributed by atoms with E-state index < -0.39 is 12.0 Å². The Hall–Kier alpha value is -1.42. The number of hydrogen-bond donors (Lipinski definition) is 2. The van der Waals surface area contributed by atoms with E-state index in [1.165, 1.54) is 18.2 Å². The molecule has 0 aromatic heterocycles. The summed E-state index contributed by atoms with van der Waals surface area (Å²) in [5, 5.41) is 12.4. The molecule has 0 heterocycles. The van der Waals surface area contributed by atoms with Crippen molar-refractivity contribution in [2.45, 2.75) is 32.8 Å². The van der Waals surface area contributed by atoms with E-state index in [0.29, 0.717) is 17.7 Å². The molecule has 0 aliphatic heterocycles. The highest BCUT2D eigenvalue weighted by atomic mass is 19.1.